The van der Waals surface area contributed by atoms with E-state index in [4.69, 9.17) is 23.2 Å². The number of benzene rings is 2. The largest absolute Gasteiger partial charge is 0.480 e. The smallest absolute Gasteiger partial charge is 0.326 e. The number of hydrogen-bond donors (Lipinski definition) is 2. The van der Waals surface area contributed by atoms with E-state index in [2.05, 4.69) is 15.3 Å². The van der Waals surface area contributed by atoms with Crippen LogP contribution in [0.3, 0.4) is 0 Å². The average molecular weight is 487 g/mol. The van der Waals surface area contributed by atoms with Crippen molar-refractivity contribution in [2.24, 2.45) is 9.98 Å². The minimum atomic E-state index is -1.16. The molecule has 0 radical (unpaired) electrons. The Hall–Kier alpha value is -3.16. The maximum Gasteiger partial charge on any atom is 0.326 e. The molecule has 1 amide bonds. The molecule has 7 nitrogen and oxygen atoms in total. The van der Waals surface area contributed by atoms with Gasteiger partial charge >= 0.3 is 5.97 Å². The summed E-state index contributed by atoms with van der Waals surface area (Å²) in [5.41, 5.74) is 1.88. The Morgan fingerprint density at radius 1 is 1.21 bits per heavy atom. The van der Waals surface area contributed by atoms with Crippen LogP contribution in [0.15, 0.2) is 58.5 Å². The van der Waals surface area contributed by atoms with Gasteiger partial charge in [-0.05, 0) is 43.2 Å². The van der Waals surface area contributed by atoms with Crippen molar-refractivity contribution in [1.82, 2.24) is 5.32 Å². The predicted molar refractivity (Wildman–Crippen MR) is 134 cm³/mol. The molecule has 0 fully saturated rings. The summed E-state index contributed by atoms with van der Waals surface area (Å²) in [6, 6.07) is 11.4. The Balaban J connectivity index is 1.63. The number of carboxylic acid groups (broad SMARTS) is 1. The lowest BCUT2D eigenvalue weighted by Gasteiger charge is -2.21. The first kappa shape index (κ1) is 24.5. The molecule has 0 saturated heterocycles. The fourth-order valence-corrected chi connectivity index (χ4v) is 3.74. The summed E-state index contributed by atoms with van der Waals surface area (Å²) < 4.78 is 0. The standard InChI is InChI=1S/C24H24Cl2N4O3/c1-15-13-14-27-24(28-15)30(2)17-11-9-16(10-12-17)5-3-8-20(23(32)33)29-22(31)21-18(25)6-4-7-19(21)26/h3-7,9-12,14-15,20H,8,13H2,1-2H3,(H,29,31)(H,32,33)/b5-3+/t15?,20-/m0/s1. The number of carboxylic acids is 1. The number of carbonyl (C=O) groups excluding carboxylic acids is 1. The normalized spacial score (nSPS) is 16.4. The van der Waals surface area contributed by atoms with Crippen LogP contribution in [0.5, 0.6) is 0 Å². The molecule has 0 spiro atoms. The van der Waals surface area contributed by atoms with E-state index in [-0.39, 0.29) is 28.1 Å². The minimum Gasteiger partial charge on any atom is -0.480 e. The van der Waals surface area contributed by atoms with Crippen molar-refractivity contribution in [3.8, 4) is 0 Å². The number of nitrogens with zero attached hydrogens (tertiary/aromatic N) is 3. The number of rotatable bonds is 7. The number of nitrogens with one attached hydrogen (secondary N) is 1. The third-order valence-electron chi connectivity index (χ3n) is 5.04. The molecule has 2 aromatic carbocycles. The third-order valence-corrected chi connectivity index (χ3v) is 5.67. The maximum absolute atomic E-state index is 12.5. The molecule has 0 saturated carbocycles. The second-order valence-corrected chi connectivity index (χ2v) is 8.39. The highest BCUT2D eigenvalue weighted by atomic mass is 35.5. The average Bonchev–Trinajstić information content (AvgIpc) is 2.78. The second-order valence-electron chi connectivity index (χ2n) is 7.58. The summed E-state index contributed by atoms with van der Waals surface area (Å²) in [5.74, 6) is -1.13. The van der Waals surface area contributed by atoms with Gasteiger partial charge in [-0.3, -0.25) is 4.79 Å². The van der Waals surface area contributed by atoms with Crippen LogP contribution in [0.2, 0.25) is 10.0 Å². The van der Waals surface area contributed by atoms with E-state index < -0.39 is 17.9 Å². The zero-order valence-corrected chi connectivity index (χ0v) is 19.7. The van der Waals surface area contributed by atoms with E-state index in [0.29, 0.717) is 5.96 Å². The van der Waals surface area contributed by atoms with Crippen molar-refractivity contribution in [3.05, 3.63) is 69.7 Å². The van der Waals surface area contributed by atoms with Gasteiger partial charge in [0.15, 0.2) is 0 Å². The van der Waals surface area contributed by atoms with Gasteiger partial charge in [-0.1, -0.05) is 53.6 Å². The molecule has 33 heavy (non-hydrogen) atoms. The van der Waals surface area contributed by atoms with Crippen molar-refractivity contribution in [2.45, 2.75) is 31.8 Å². The van der Waals surface area contributed by atoms with Gasteiger partial charge in [0.05, 0.1) is 21.7 Å². The van der Waals surface area contributed by atoms with Crippen molar-refractivity contribution < 1.29 is 14.7 Å². The SMILES string of the molecule is CC1CC=NC(N(C)c2ccc(/C=C/C[C@H](NC(=O)c3c(Cl)cccc3Cl)C(=O)O)cc2)=N1. The molecule has 1 aliphatic rings. The molecule has 2 N–H and O–H groups in total. The van der Waals surface area contributed by atoms with Gasteiger partial charge in [0.25, 0.3) is 5.91 Å². The molecule has 1 unspecified atom stereocenters. The van der Waals surface area contributed by atoms with Crippen LogP contribution >= 0.6 is 23.2 Å². The van der Waals surface area contributed by atoms with Crippen LogP contribution < -0.4 is 10.2 Å². The quantitative estimate of drug-likeness (QED) is 0.579. The van der Waals surface area contributed by atoms with Gasteiger partial charge in [0.1, 0.15) is 6.04 Å². The number of amides is 1. The first-order valence-corrected chi connectivity index (χ1v) is 11.1. The van der Waals surface area contributed by atoms with Crippen LogP contribution in [0.1, 0.15) is 35.7 Å². The van der Waals surface area contributed by atoms with Crippen LogP contribution in [0.25, 0.3) is 6.08 Å². The van der Waals surface area contributed by atoms with Gasteiger partial charge in [-0.25, -0.2) is 14.8 Å². The molecule has 9 heteroatoms. The fourth-order valence-electron chi connectivity index (χ4n) is 3.17. The number of aliphatic imine (C=N–C) groups is 2. The molecule has 3 rings (SSSR count). The Bertz CT molecular complexity index is 1090. The molecule has 1 aliphatic heterocycles. The van der Waals surface area contributed by atoms with Crippen LogP contribution in [-0.2, 0) is 4.79 Å². The van der Waals surface area contributed by atoms with Gasteiger partial charge in [-0.15, -0.1) is 0 Å². The van der Waals surface area contributed by atoms with Gasteiger partial charge < -0.3 is 15.3 Å². The Labute approximate surface area is 202 Å². The van der Waals surface area contributed by atoms with Crippen molar-refractivity contribution in [3.63, 3.8) is 0 Å². The number of anilines is 1. The fraction of sp³-hybridized carbons (Fsp3) is 0.250. The monoisotopic (exact) mass is 486 g/mol. The molecule has 0 aromatic heterocycles. The third kappa shape index (κ3) is 6.43. The summed E-state index contributed by atoms with van der Waals surface area (Å²) in [7, 11) is 1.91. The summed E-state index contributed by atoms with van der Waals surface area (Å²) in [4.78, 5) is 34.9. The van der Waals surface area contributed by atoms with Crippen LogP contribution in [0.4, 0.5) is 5.69 Å². The summed E-state index contributed by atoms with van der Waals surface area (Å²) >= 11 is 12.1. The Kier molecular flexibility index (Phi) is 8.25. The summed E-state index contributed by atoms with van der Waals surface area (Å²) in [6.45, 7) is 2.04. The van der Waals surface area contributed by atoms with Crippen molar-refractivity contribution >= 4 is 59.0 Å². The van der Waals surface area contributed by atoms with Gasteiger partial charge in [-0.2, -0.15) is 0 Å². The molecule has 0 aliphatic carbocycles. The molecule has 0 bridgehead atoms. The molecule has 2 atom stereocenters. The zero-order chi connectivity index (χ0) is 24.0. The zero-order valence-electron chi connectivity index (χ0n) is 18.2. The van der Waals surface area contributed by atoms with Crippen LogP contribution in [-0.4, -0.2) is 48.3 Å². The second kappa shape index (κ2) is 11.1. The van der Waals surface area contributed by atoms with E-state index in [9.17, 15) is 14.7 Å². The topological polar surface area (TPSA) is 94.4 Å². The molecular weight excluding hydrogens is 463 g/mol. The van der Waals surface area contributed by atoms with E-state index in [1.165, 1.54) is 12.1 Å². The lowest BCUT2D eigenvalue weighted by Crippen LogP contribution is -2.40. The van der Waals surface area contributed by atoms with E-state index >= 15 is 0 Å². The van der Waals surface area contributed by atoms with Crippen LogP contribution in [0, 0.1) is 0 Å². The molecule has 172 valence electrons. The number of carbonyl (C=O) groups is 2. The summed E-state index contributed by atoms with van der Waals surface area (Å²) in [5, 5.41) is 12.3. The number of guanidine groups is 1. The highest BCUT2D eigenvalue weighted by Crippen LogP contribution is 2.24. The minimum absolute atomic E-state index is 0.0528. The lowest BCUT2D eigenvalue weighted by atomic mass is 10.1. The Morgan fingerprint density at radius 2 is 1.88 bits per heavy atom. The Morgan fingerprint density at radius 3 is 2.48 bits per heavy atom. The lowest BCUT2D eigenvalue weighted by molar-refractivity contribution is -0.139. The highest BCUT2D eigenvalue weighted by Gasteiger charge is 2.22. The van der Waals surface area contributed by atoms with Gasteiger partial charge in [0.2, 0.25) is 5.96 Å². The first-order valence-electron chi connectivity index (χ1n) is 10.3. The van der Waals surface area contributed by atoms with E-state index in [0.717, 1.165) is 17.7 Å². The maximum atomic E-state index is 12.5. The summed E-state index contributed by atoms with van der Waals surface area (Å²) in [6.07, 6.45) is 6.30. The highest BCUT2D eigenvalue weighted by molar-refractivity contribution is 6.39. The van der Waals surface area contributed by atoms with Crippen molar-refractivity contribution in [1.29, 1.82) is 0 Å². The number of aliphatic carboxylic acids is 1. The predicted octanol–water partition coefficient (Wildman–Crippen LogP) is 4.94. The molecule has 1 heterocycles. The van der Waals surface area contributed by atoms with E-state index in [1.807, 2.05) is 49.4 Å². The molecule has 2 aromatic rings. The van der Waals surface area contributed by atoms with E-state index in [1.54, 1.807) is 18.2 Å². The number of hydrogen-bond acceptors (Lipinski definition) is 5. The van der Waals surface area contributed by atoms with Gasteiger partial charge in [0, 0.05) is 25.4 Å². The molecular formula is C24H24Cl2N4O3. The van der Waals surface area contributed by atoms with Crippen molar-refractivity contribution in [2.75, 3.05) is 11.9 Å². The number of halogens is 2. The first-order chi connectivity index (χ1) is 15.8.